The minimum Gasteiger partial charge on any atom is -0.329 e. The second-order valence-electron chi connectivity index (χ2n) is 12.9. The molecule has 8 nitrogen and oxygen atoms in total. The number of benzene rings is 1. The van der Waals surface area contributed by atoms with Crippen LogP contribution in [0.2, 0.25) is 0 Å². The van der Waals surface area contributed by atoms with Gasteiger partial charge in [-0.25, -0.2) is 4.39 Å². The number of hydrogen-bond donors (Lipinski definition) is 1. The molecule has 2 aromatic rings. The molecule has 1 saturated heterocycles. The molecule has 2 fully saturated rings. The number of hydrogen-bond acceptors (Lipinski definition) is 5. The minimum absolute atomic E-state index is 0.0182. The van der Waals surface area contributed by atoms with Gasteiger partial charge in [0, 0.05) is 44.4 Å². The predicted octanol–water partition coefficient (Wildman–Crippen LogP) is 4.82. The highest BCUT2D eigenvalue weighted by atomic mass is 19.4. The van der Waals surface area contributed by atoms with Gasteiger partial charge in [-0.3, -0.25) is 9.59 Å². The number of carbonyl (C=O) groups excluding carboxylic acids is 2. The van der Waals surface area contributed by atoms with E-state index in [-0.39, 0.29) is 61.2 Å². The fourth-order valence-corrected chi connectivity index (χ4v) is 7.45. The largest absolute Gasteiger partial charge is 0.416 e. The molecule has 4 aliphatic rings. The van der Waals surface area contributed by atoms with E-state index in [1.54, 1.807) is 6.33 Å². The summed E-state index contributed by atoms with van der Waals surface area (Å²) in [5, 5.41) is 11.4. The van der Waals surface area contributed by atoms with Gasteiger partial charge in [-0.15, -0.1) is 10.2 Å². The standard InChI is InChI=1S/C33H36F4N6O2/c1-4-6-28(44)42-10-9-31(34,19-42)18-38-16-22-11-25-26(27(12-22)33(35,36)37)17-43(29(25)45)24-8-5-7-23(13-24)32(14-21(2)15-32)30-40-39-20-41(30)3/h7,11-13,20-21,38H,5,8-10,14-19H2,1-3H3/t21?,31-,32?/m1/s1. The Morgan fingerprint density at radius 3 is 2.69 bits per heavy atom. The van der Waals surface area contributed by atoms with Gasteiger partial charge < -0.3 is 19.7 Å². The van der Waals surface area contributed by atoms with E-state index in [4.69, 9.17) is 0 Å². The van der Waals surface area contributed by atoms with E-state index < -0.39 is 29.2 Å². The van der Waals surface area contributed by atoms with Gasteiger partial charge in [0.2, 0.25) is 0 Å². The maximum Gasteiger partial charge on any atom is 0.416 e. The van der Waals surface area contributed by atoms with E-state index in [2.05, 4.69) is 40.4 Å². The maximum atomic E-state index is 15.4. The molecule has 2 amide bonds. The van der Waals surface area contributed by atoms with Crippen molar-refractivity contribution in [2.75, 3.05) is 19.6 Å². The normalized spacial score (nSPS) is 26.2. The number of nitrogens with one attached hydrogen (secondary N) is 1. The first kappa shape index (κ1) is 31.0. The molecule has 3 heterocycles. The first-order chi connectivity index (χ1) is 21.3. The fourth-order valence-electron chi connectivity index (χ4n) is 7.45. The van der Waals surface area contributed by atoms with Crippen molar-refractivity contribution >= 4 is 11.8 Å². The van der Waals surface area contributed by atoms with E-state index in [0.29, 0.717) is 24.5 Å². The van der Waals surface area contributed by atoms with E-state index in [9.17, 15) is 22.8 Å². The summed E-state index contributed by atoms with van der Waals surface area (Å²) in [5.74, 6) is 5.33. The molecule has 2 aliphatic carbocycles. The van der Waals surface area contributed by atoms with Crippen LogP contribution in [0, 0.1) is 17.8 Å². The summed E-state index contributed by atoms with van der Waals surface area (Å²) in [6.07, 6.45) is 4.15. The van der Waals surface area contributed by atoms with Crippen molar-refractivity contribution in [1.82, 2.24) is 29.9 Å². The second kappa shape index (κ2) is 11.4. The number of nitrogens with zero attached hydrogens (tertiary/aromatic N) is 5. The number of carbonyl (C=O) groups is 2. The Kier molecular flexibility index (Phi) is 7.88. The molecular weight excluding hydrogens is 588 g/mol. The Bertz CT molecular complexity index is 1660. The summed E-state index contributed by atoms with van der Waals surface area (Å²) in [6.45, 7) is 3.41. The third kappa shape index (κ3) is 5.67. The Labute approximate surface area is 259 Å². The van der Waals surface area contributed by atoms with Crippen LogP contribution in [0.1, 0.15) is 78.8 Å². The quantitative estimate of drug-likeness (QED) is 0.353. The van der Waals surface area contributed by atoms with Crippen LogP contribution in [-0.4, -0.2) is 61.7 Å². The zero-order valence-corrected chi connectivity index (χ0v) is 25.6. The zero-order valence-electron chi connectivity index (χ0n) is 25.6. The van der Waals surface area contributed by atoms with Crippen molar-refractivity contribution in [3.63, 3.8) is 0 Å². The molecular formula is C33H36F4N6O2. The number of rotatable bonds is 7. The third-order valence-corrected chi connectivity index (χ3v) is 9.52. The third-order valence-electron chi connectivity index (χ3n) is 9.52. The number of aromatic nitrogens is 3. The lowest BCUT2D eigenvalue weighted by atomic mass is 9.57. The van der Waals surface area contributed by atoms with Crippen molar-refractivity contribution in [3.05, 3.63) is 70.0 Å². The van der Waals surface area contributed by atoms with Crippen LogP contribution >= 0.6 is 0 Å². The molecule has 238 valence electrons. The zero-order chi connectivity index (χ0) is 32.1. The maximum absolute atomic E-state index is 15.4. The van der Waals surface area contributed by atoms with Crippen molar-refractivity contribution in [1.29, 1.82) is 0 Å². The van der Waals surface area contributed by atoms with E-state index >= 15 is 4.39 Å². The molecule has 0 bridgehead atoms. The first-order valence-corrected chi connectivity index (χ1v) is 15.3. The molecule has 1 aromatic carbocycles. The van der Waals surface area contributed by atoms with Crippen LogP contribution in [-0.2, 0) is 36.5 Å². The van der Waals surface area contributed by atoms with Gasteiger partial charge in [0.05, 0.1) is 24.1 Å². The molecule has 2 aliphatic heterocycles. The molecule has 1 atom stereocenters. The second-order valence-corrected chi connectivity index (χ2v) is 12.9. The highest BCUT2D eigenvalue weighted by molar-refractivity contribution is 6.00. The van der Waals surface area contributed by atoms with Crippen LogP contribution in [0.5, 0.6) is 0 Å². The van der Waals surface area contributed by atoms with Crippen LogP contribution in [0.15, 0.2) is 41.9 Å². The van der Waals surface area contributed by atoms with Crippen LogP contribution in [0.4, 0.5) is 17.6 Å². The predicted molar refractivity (Wildman–Crippen MR) is 158 cm³/mol. The minimum atomic E-state index is -4.67. The van der Waals surface area contributed by atoms with Gasteiger partial charge in [0.15, 0.2) is 0 Å². The van der Waals surface area contributed by atoms with Crippen LogP contribution in [0.3, 0.4) is 0 Å². The molecule has 1 aromatic heterocycles. The van der Waals surface area contributed by atoms with E-state index in [1.165, 1.54) is 22.8 Å². The van der Waals surface area contributed by atoms with Crippen molar-refractivity contribution in [3.8, 4) is 11.8 Å². The van der Waals surface area contributed by atoms with Crippen molar-refractivity contribution < 1.29 is 27.2 Å². The lowest BCUT2D eigenvalue weighted by Gasteiger charge is -2.47. The van der Waals surface area contributed by atoms with Gasteiger partial charge in [-0.1, -0.05) is 18.9 Å². The molecule has 1 saturated carbocycles. The average molecular weight is 625 g/mol. The molecule has 0 unspecified atom stereocenters. The van der Waals surface area contributed by atoms with Gasteiger partial charge in [-0.05, 0) is 79.4 Å². The van der Waals surface area contributed by atoms with E-state index in [1.807, 2.05) is 17.7 Å². The highest BCUT2D eigenvalue weighted by Gasteiger charge is 2.50. The van der Waals surface area contributed by atoms with Gasteiger partial charge in [0.1, 0.15) is 17.8 Å². The first-order valence-electron chi connectivity index (χ1n) is 15.3. The summed E-state index contributed by atoms with van der Waals surface area (Å²) >= 11 is 0. The number of likely N-dealkylation sites (tertiary alicyclic amines) is 1. The summed E-state index contributed by atoms with van der Waals surface area (Å²) in [5.41, 5.74) is -0.989. The molecule has 0 spiro atoms. The Balaban J connectivity index is 1.21. The number of alkyl halides is 4. The Hall–Kier alpha value is -3.98. The smallest absolute Gasteiger partial charge is 0.329 e. The Morgan fingerprint density at radius 1 is 1.24 bits per heavy atom. The molecule has 45 heavy (non-hydrogen) atoms. The summed E-state index contributed by atoms with van der Waals surface area (Å²) in [4.78, 5) is 28.6. The highest BCUT2D eigenvalue weighted by Crippen LogP contribution is 2.53. The van der Waals surface area contributed by atoms with Crippen molar-refractivity contribution in [2.45, 2.75) is 76.3 Å². The van der Waals surface area contributed by atoms with Crippen LogP contribution in [0.25, 0.3) is 0 Å². The summed E-state index contributed by atoms with van der Waals surface area (Å²) in [7, 11) is 1.90. The lowest BCUT2D eigenvalue weighted by molar-refractivity contribution is -0.138. The lowest BCUT2D eigenvalue weighted by Crippen LogP contribution is -2.44. The van der Waals surface area contributed by atoms with E-state index in [0.717, 1.165) is 30.3 Å². The monoisotopic (exact) mass is 624 g/mol. The number of allylic oxidation sites excluding steroid dienone is 4. The Morgan fingerprint density at radius 2 is 2.02 bits per heavy atom. The number of halogens is 4. The summed E-state index contributed by atoms with van der Waals surface area (Å²) in [6, 6.07) is 2.54. The number of aryl methyl sites for hydroxylation is 1. The van der Waals surface area contributed by atoms with Gasteiger partial charge in [-0.2, -0.15) is 13.2 Å². The number of fused-ring (bicyclic) bond motifs is 1. The number of amides is 2. The molecule has 12 heteroatoms. The summed E-state index contributed by atoms with van der Waals surface area (Å²) < 4.78 is 60.3. The molecule has 1 N–H and O–H groups in total. The fraction of sp³-hybridized carbons (Fsp3) is 0.515. The van der Waals surface area contributed by atoms with Gasteiger partial charge in [0.25, 0.3) is 11.8 Å². The van der Waals surface area contributed by atoms with Crippen LogP contribution < -0.4 is 5.32 Å². The SMILES string of the molecule is CC#CC(=O)N1CC[C@@](F)(CNCc2cc3c(c(C(F)(F)F)c2)CN(C2=CC(C4(c5nncn5C)CC(C)C4)=CCC2)C3=O)C1. The van der Waals surface area contributed by atoms with Gasteiger partial charge >= 0.3 is 6.18 Å². The molecule has 6 rings (SSSR count). The topological polar surface area (TPSA) is 83.4 Å². The molecule has 0 radical (unpaired) electrons. The van der Waals surface area contributed by atoms with Crippen molar-refractivity contribution in [2.24, 2.45) is 13.0 Å². The average Bonchev–Trinajstić information content (AvgIpc) is 3.68.